The molecule has 0 spiro atoms. The lowest BCUT2D eigenvalue weighted by Crippen LogP contribution is -2.23. The van der Waals surface area contributed by atoms with Crippen LogP contribution in [0.5, 0.6) is 0 Å². The van der Waals surface area contributed by atoms with E-state index in [1.165, 1.54) is 0 Å². The van der Waals surface area contributed by atoms with E-state index in [4.69, 9.17) is 0 Å². The molecule has 1 N–H and O–H groups in total. The molecule has 2 aromatic rings. The van der Waals surface area contributed by atoms with E-state index in [1.54, 1.807) is 6.20 Å². The van der Waals surface area contributed by atoms with Crippen molar-refractivity contribution in [3.05, 3.63) is 34.4 Å². The molecule has 0 aliphatic carbocycles. The molecular formula is C14H18BrN5. The summed E-state index contributed by atoms with van der Waals surface area (Å²) in [4.78, 5) is 6.62. The van der Waals surface area contributed by atoms with E-state index in [0.717, 1.165) is 34.6 Å². The van der Waals surface area contributed by atoms with Crippen molar-refractivity contribution in [2.24, 2.45) is 0 Å². The van der Waals surface area contributed by atoms with Crippen molar-refractivity contribution in [3.8, 4) is 0 Å². The van der Waals surface area contributed by atoms with Crippen LogP contribution in [0, 0.1) is 6.92 Å². The van der Waals surface area contributed by atoms with E-state index < -0.39 is 0 Å². The maximum atomic E-state index is 4.49. The summed E-state index contributed by atoms with van der Waals surface area (Å²) >= 11 is 3.49. The second kappa shape index (κ2) is 6.65. The van der Waals surface area contributed by atoms with Gasteiger partial charge in [0.2, 0.25) is 5.95 Å². The first-order chi connectivity index (χ1) is 9.63. The SMILES string of the molecule is CCN(CC)c1cnnc(Nc2ccc(Br)c(C)c2)n1. The molecule has 0 bridgehead atoms. The molecule has 20 heavy (non-hydrogen) atoms. The Kier molecular flexibility index (Phi) is 4.89. The van der Waals surface area contributed by atoms with E-state index in [0.29, 0.717) is 5.95 Å². The van der Waals surface area contributed by atoms with E-state index in [2.05, 4.69) is 55.2 Å². The second-order valence-corrected chi connectivity index (χ2v) is 5.25. The lowest BCUT2D eigenvalue weighted by atomic mass is 10.2. The van der Waals surface area contributed by atoms with Crippen LogP contribution in [0.15, 0.2) is 28.9 Å². The summed E-state index contributed by atoms with van der Waals surface area (Å²) in [5.41, 5.74) is 2.10. The zero-order valence-corrected chi connectivity index (χ0v) is 13.5. The number of hydrogen-bond acceptors (Lipinski definition) is 5. The molecule has 0 saturated heterocycles. The average molecular weight is 336 g/mol. The molecule has 0 fully saturated rings. The lowest BCUT2D eigenvalue weighted by Gasteiger charge is -2.19. The van der Waals surface area contributed by atoms with Gasteiger partial charge in [-0.3, -0.25) is 0 Å². The van der Waals surface area contributed by atoms with Gasteiger partial charge in [-0.2, -0.15) is 10.1 Å². The second-order valence-electron chi connectivity index (χ2n) is 4.40. The largest absolute Gasteiger partial charge is 0.356 e. The molecule has 0 aliphatic rings. The van der Waals surface area contributed by atoms with E-state index in [-0.39, 0.29) is 0 Å². The van der Waals surface area contributed by atoms with E-state index in [9.17, 15) is 0 Å². The number of benzene rings is 1. The quantitative estimate of drug-likeness (QED) is 0.905. The third kappa shape index (κ3) is 3.45. The predicted molar refractivity (Wildman–Crippen MR) is 85.5 cm³/mol. The summed E-state index contributed by atoms with van der Waals surface area (Å²) in [6.45, 7) is 8.02. The number of rotatable bonds is 5. The number of aryl methyl sites for hydroxylation is 1. The highest BCUT2D eigenvalue weighted by Crippen LogP contribution is 2.22. The number of nitrogens with zero attached hydrogens (tertiary/aromatic N) is 4. The van der Waals surface area contributed by atoms with Gasteiger partial charge < -0.3 is 10.2 Å². The van der Waals surface area contributed by atoms with Gasteiger partial charge in [0.1, 0.15) is 0 Å². The lowest BCUT2D eigenvalue weighted by molar-refractivity contribution is 0.826. The summed E-state index contributed by atoms with van der Waals surface area (Å²) < 4.78 is 1.08. The molecule has 6 heteroatoms. The van der Waals surface area contributed by atoms with Gasteiger partial charge in [0.25, 0.3) is 0 Å². The maximum absolute atomic E-state index is 4.49. The molecule has 106 valence electrons. The van der Waals surface area contributed by atoms with Crippen LogP contribution in [0.1, 0.15) is 19.4 Å². The molecule has 1 heterocycles. The predicted octanol–water partition coefficient (Wildman–Crippen LogP) is 3.53. The average Bonchev–Trinajstić information content (AvgIpc) is 2.45. The first-order valence-corrected chi connectivity index (χ1v) is 7.41. The zero-order chi connectivity index (χ0) is 14.5. The Morgan fingerprint density at radius 1 is 1.25 bits per heavy atom. The van der Waals surface area contributed by atoms with Crippen molar-refractivity contribution in [3.63, 3.8) is 0 Å². The van der Waals surface area contributed by atoms with Gasteiger partial charge in [0, 0.05) is 23.2 Å². The first-order valence-electron chi connectivity index (χ1n) is 6.61. The molecule has 5 nitrogen and oxygen atoms in total. The van der Waals surface area contributed by atoms with Gasteiger partial charge in [0.15, 0.2) is 5.82 Å². The molecule has 0 saturated carbocycles. The molecular weight excluding hydrogens is 318 g/mol. The monoisotopic (exact) mass is 335 g/mol. The van der Waals surface area contributed by atoms with Crippen molar-refractivity contribution in [1.82, 2.24) is 15.2 Å². The van der Waals surface area contributed by atoms with Crippen molar-refractivity contribution in [1.29, 1.82) is 0 Å². The Bertz CT molecular complexity index is 584. The molecule has 1 aromatic heterocycles. The van der Waals surface area contributed by atoms with Crippen molar-refractivity contribution in [2.45, 2.75) is 20.8 Å². The van der Waals surface area contributed by atoms with Crippen LogP contribution in [-0.2, 0) is 0 Å². The highest BCUT2D eigenvalue weighted by molar-refractivity contribution is 9.10. The Morgan fingerprint density at radius 3 is 2.65 bits per heavy atom. The standard InChI is InChI=1S/C14H18BrN5/c1-4-20(5-2)13-9-16-19-14(18-13)17-11-6-7-12(15)10(3)8-11/h6-9H,4-5H2,1-3H3,(H,17,18,19). The van der Waals surface area contributed by atoms with Crippen LogP contribution in [0.3, 0.4) is 0 Å². The van der Waals surface area contributed by atoms with Gasteiger partial charge in [-0.15, -0.1) is 5.10 Å². The van der Waals surface area contributed by atoms with Crippen LogP contribution >= 0.6 is 15.9 Å². The van der Waals surface area contributed by atoms with Gasteiger partial charge in [-0.1, -0.05) is 15.9 Å². The third-order valence-electron chi connectivity index (χ3n) is 3.05. The minimum Gasteiger partial charge on any atom is -0.356 e. The normalized spacial score (nSPS) is 10.4. The van der Waals surface area contributed by atoms with Gasteiger partial charge >= 0.3 is 0 Å². The Labute approximate surface area is 127 Å². The van der Waals surface area contributed by atoms with Crippen LogP contribution in [0.2, 0.25) is 0 Å². The van der Waals surface area contributed by atoms with E-state index >= 15 is 0 Å². The van der Waals surface area contributed by atoms with Crippen molar-refractivity contribution < 1.29 is 0 Å². The molecule has 0 unspecified atom stereocenters. The van der Waals surface area contributed by atoms with Crippen LogP contribution in [0.4, 0.5) is 17.5 Å². The van der Waals surface area contributed by atoms with E-state index in [1.807, 2.05) is 25.1 Å². The van der Waals surface area contributed by atoms with Crippen LogP contribution in [-0.4, -0.2) is 28.3 Å². The Balaban J connectivity index is 2.21. The number of anilines is 3. The number of halogens is 1. The number of nitrogens with one attached hydrogen (secondary N) is 1. The Morgan fingerprint density at radius 2 is 2.00 bits per heavy atom. The fraction of sp³-hybridized carbons (Fsp3) is 0.357. The molecule has 1 aromatic carbocycles. The molecule has 2 rings (SSSR count). The highest BCUT2D eigenvalue weighted by atomic mass is 79.9. The minimum absolute atomic E-state index is 0.510. The smallest absolute Gasteiger partial charge is 0.249 e. The fourth-order valence-electron chi connectivity index (χ4n) is 1.90. The number of aromatic nitrogens is 3. The topological polar surface area (TPSA) is 53.9 Å². The van der Waals surface area contributed by atoms with Crippen LogP contribution in [0.25, 0.3) is 0 Å². The van der Waals surface area contributed by atoms with Gasteiger partial charge in [-0.05, 0) is 44.5 Å². The van der Waals surface area contributed by atoms with Crippen LogP contribution < -0.4 is 10.2 Å². The Hall–Kier alpha value is -1.69. The summed E-state index contributed by atoms with van der Waals surface area (Å²) in [5, 5.41) is 11.2. The number of hydrogen-bond donors (Lipinski definition) is 1. The zero-order valence-electron chi connectivity index (χ0n) is 11.9. The summed E-state index contributed by atoms with van der Waals surface area (Å²) in [6, 6.07) is 6.02. The molecule has 0 radical (unpaired) electrons. The molecule has 0 atom stereocenters. The minimum atomic E-state index is 0.510. The van der Waals surface area contributed by atoms with Gasteiger partial charge in [0.05, 0.1) is 6.20 Å². The summed E-state index contributed by atoms with van der Waals surface area (Å²) in [7, 11) is 0. The maximum Gasteiger partial charge on any atom is 0.249 e. The fourth-order valence-corrected chi connectivity index (χ4v) is 2.15. The van der Waals surface area contributed by atoms with Crippen molar-refractivity contribution >= 4 is 33.4 Å². The van der Waals surface area contributed by atoms with Crippen molar-refractivity contribution in [2.75, 3.05) is 23.3 Å². The third-order valence-corrected chi connectivity index (χ3v) is 3.94. The summed E-state index contributed by atoms with van der Waals surface area (Å²) in [5.74, 6) is 1.34. The highest BCUT2D eigenvalue weighted by Gasteiger charge is 2.07. The van der Waals surface area contributed by atoms with Gasteiger partial charge in [-0.25, -0.2) is 0 Å². The molecule has 0 amide bonds. The summed E-state index contributed by atoms with van der Waals surface area (Å²) in [6.07, 6.45) is 1.69. The first kappa shape index (κ1) is 14.7. The molecule has 0 aliphatic heterocycles.